The Morgan fingerprint density at radius 3 is 2.48 bits per heavy atom. The molecule has 2 aromatic heterocycles. The lowest BCUT2D eigenvalue weighted by Gasteiger charge is -2.29. The second kappa shape index (κ2) is 8.62. The molecule has 0 unspecified atom stereocenters. The normalized spacial score (nSPS) is 16.4. The van der Waals surface area contributed by atoms with Crippen molar-refractivity contribution in [2.45, 2.75) is 58.5 Å². The number of ether oxygens (including phenoxy) is 1. The van der Waals surface area contributed by atoms with Crippen molar-refractivity contribution in [2.24, 2.45) is 11.8 Å². The molecule has 0 saturated carbocycles. The number of aryl methyl sites for hydroxylation is 2. The SMILES string of the molecule is Cc1noc(C)c1S(=O)(=O)N1CCC(C(=O)OCc2nc(CC(C)C)no2)CC1. The monoisotopic (exact) mass is 426 g/mol. The van der Waals surface area contributed by atoms with Crippen molar-refractivity contribution in [2.75, 3.05) is 13.1 Å². The van der Waals surface area contributed by atoms with E-state index in [4.69, 9.17) is 13.8 Å². The highest BCUT2D eigenvalue weighted by atomic mass is 32.2. The minimum absolute atomic E-state index is 0.0818. The second-order valence-electron chi connectivity index (χ2n) is 7.64. The molecular weight excluding hydrogens is 400 g/mol. The van der Waals surface area contributed by atoms with Crippen LogP contribution in [0.2, 0.25) is 0 Å². The molecule has 0 N–H and O–H groups in total. The number of carbonyl (C=O) groups is 1. The quantitative estimate of drug-likeness (QED) is 0.610. The average Bonchev–Trinajstić information content (AvgIpc) is 3.25. The maximum atomic E-state index is 12.8. The van der Waals surface area contributed by atoms with Gasteiger partial charge in [-0.15, -0.1) is 0 Å². The summed E-state index contributed by atoms with van der Waals surface area (Å²) in [7, 11) is -3.70. The van der Waals surface area contributed by atoms with Crippen molar-refractivity contribution < 1.29 is 27.0 Å². The number of piperidine rings is 1. The molecule has 11 heteroatoms. The number of nitrogens with zero attached hydrogens (tertiary/aromatic N) is 4. The highest BCUT2D eigenvalue weighted by molar-refractivity contribution is 7.89. The Hall–Kier alpha value is -2.27. The molecule has 3 heterocycles. The van der Waals surface area contributed by atoms with Gasteiger partial charge in [0.15, 0.2) is 18.2 Å². The summed E-state index contributed by atoms with van der Waals surface area (Å²) in [4.78, 5) is 16.6. The van der Waals surface area contributed by atoms with Crippen LogP contribution >= 0.6 is 0 Å². The van der Waals surface area contributed by atoms with Crippen LogP contribution in [0.3, 0.4) is 0 Å². The second-order valence-corrected chi connectivity index (χ2v) is 9.52. The highest BCUT2D eigenvalue weighted by Gasteiger charge is 2.36. The molecule has 3 rings (SSSR count). The Bertz CT molecular complexity index is 937. The van der Waals surface area contributed by atoms with Gasteiger partial charge in [0.1, 0.15) is 10.6 Å². The number of esters is 1. The van der Waals surface area contributed by atoms with Gasteiger partial charge in [0.25, 0.3) is 5.89 Å². The first-order valence-corrected chi connectivity index (χ1v) is 11.0. The highest BCUT2D eigenvalue weighted by Crippen LogP contribution is 2.28. The molecule has 1 aliphatic heterocycles. The van der Waals surface area contributed by atoms with Crippen LogP contribution in [0.5, 0.6) is 0 Å². The summed E-state index contributed by atoms with van der Waals surface area (Å²) in [5, 5.41) is 7.57. The van der Waals surface area contributed by atoms with Gasteiger partial charge in [-0.05, 0) is 32.6 Å². The van der Waals surface area contributed by atoms with E-state index in [1.165, 1.54) is 4.31 Å². The van der Waals surface area contributed by atoms with Gasteiger partial charge in [-0.2, -0.15) is 9.29 Å². The summed E-state index contributed by atoms with van der Waals surface area (Å²) in [6.07, 6.45) is 1.45. The van der Waals surface area contributed by atoms with Crippen LogP contribution in [0.15, 0.2) is 13.9 Å². The van der Waals surface area contributed by atoms with Crippen molar-refractivity contribution in [3.8, 4) is 0 Å². The number of hydrogen-bond donors (Lipinski definition) is 0. The van der Waals surface area contributed by atoms with Gasteiger partial charge in [-0.3, -0.25) is 4.79 Å². The van der Waals surface area contributed by atoms with E-state index in [0.717, 1.165) is 0 Å². The molecule has 2 aromatic rings. The summed E-state index contributed by atoms with van der Waals surface area (Å²) < 4.78 is 42.4. The molecule has 0 atom stereocenters. The Kier molecular flexibility index (Phi) is 6.37. The van der Waals surface area contributed by atoms with Crippen LogP contribution in [-0.2, 0) is 32.6 Å². The number of hydrogen-bond acceptors (Lipinski definition) is 9. The molecule has 29 heavy (non-hydrogen) atoms. The van der Waals surface area contributed by atoms with E-state index in [0.29, 0.717) is 36.7 Å². The Morgan fingerprint density at radius 1 is 1.21 bits per heavy atom. The van der Waals surface area contributed by atoms with Crippen molar-refractivity contribution in [1.29, 1.82) is 0 Å². The van der Waals surface area contributed by atoms with Crippen molar-refractivity contribution in [3.05, 3.63) is 23.2 Å². The maximum Gasteiger partial charge on any atom is 0.309 e. The molecule has 160 valence electrons. The smallest absolute Gasteiger partial charge is 0.309 e. The van der Waals surface area contributed by atoms with Crippen LogP contribution in [-0.4, -0.2) is 47.1 Å². The molecule has 0 radical (unpaired) electrons. The Morgan fingerprint density at radius 2 is 1.90 bits per heavy atom. The molecular formula is C18H26N4O6S. The van der Waals surface area contributed by atoms with E-state index < -0.39 is 10.0 Å². The number of rotatable bonds is 7. The van der Waals surface area contributed by atoms with E-state index >= 15 is 0 Å². The van der Waals surface area contributed by atoms with Crippen molar-refractivity contribution >= 4 is 16.0 Å². The maximum absolute atomic E-state index is 12.8. The summed E-state index contributed by atoms with van der Waals surface area (Å²) in [5.74, 6) is 0.749. The average molecular weight is 426 g/mol. The molecule has 0 bridgehead atoms. The predicted octanol–water partition coefficient (Wildman–Crippen LogP) is 2.02. The Labute approximate surface area is 169 Å². The van der Waals surface area contributed by atoms with Gasteiger partial charge < -0.3 is 13.8 Å². The molecule has 10 nitrogen and oxygen atoms in total. The van der Waals surface area contributed by atoms with E-state index in [-0.39, 0.29) is 48.1 Å². The van der Waals surface area contributed by atoms with Gasteiger partial charge in [-0.25, -0.2) is 8.42 Å². The van der Waals surface area contributed by atoms with E-state index in [9.17, 15) is 13.2 Å². The van der Waals surface area contributed by atoms with Crippen LogP contribution in [0.4, 0.5) is 0 Å². The fourth-order valence-electron chi connectivity index (χ4n) is 3.35. The topological polar surface area (TPSA) is 129 Å². The predicted molar refractivity (Wildman–Crippen MR) is 100 cm³/mol. The number of sulfonamides is 1. The molecule has 0 spiro atoms. The summed E-state index contributed by atoms with van der Waals surface area (Å²) in [6, 6.07) is 0. The van der Waals surface area contributed by atoms with Crippen LogP contribution in [0.1, 0.15) is 49.9 Å². The third-order valence-electron chi connectivity index (χ3n) is 4.79. The van der Waals surface area contributed by atoms with Crippen molar-refractivity contribution in [3.63, 3.8) is 0 Å². The fraction of sp³-hybridized carbons (Fsp3) is 0.667. The lowest BCUT2D eigenvalue weighted by atomic mass is 9.98. The standard InChI is InChI=1S/C18H26N4O6S/c1-11(2)9-15-19-16(28-21-15)10-26-18(23)14-5-7-22(8-6-14)29(24,25)17-12(3)20-27-13(17)4/h11,14H,5-10H2,1-4H3. The molecule has 1 aliphatic rings. The molecule has 0 aromatic carbocycles. The molecule has 0 amide bonds. The summed E-state index contributed by atoms with van der Waals surface area (Å²) in [6.45, 7) is 7.64. The first-order valence-electron chi connectivity index (χ1n) is 9.59. The van der Waals surface area contributed by atoms with Gasteiger partial charge in [-0.1, -0.05) is 24.2 Å². The fourth-order valence-corrected chi connectivity index (χ4v) is 5.11. The van der Waals surface area contributed by atoms with Gasteiger partial charge in [0.05, 0.1) is 5.92 Å². The summed E-state index contributed by atoms with van der Waals surface area (Å²) in [5.41, 5.74) is 0.334. The van der Waals surface area contributed by atoms with Crippen LogP contribution < -0.4 is 0 Å². The molecule has 1 fully saturated rings. The minimum Gasteiger partial charge on any atom is -0.455 e. The Balaban J connectivity index is 1.52. The number of carbonyl (C=O) groups excluding carboxylic acids is 1. The lowest BCUT2D eigenvalue weighted by Crippen LogP contribution is -2.40. The third kappa shape index (κ3) is 4.84. The van der Waals surface area contributed by atoms with Gasteiger partial charge in [0, 0.05) is 19.5 Å². The van der Waals surface area contributed by atoms with E-state index in [1.54, 1.807) is 13.8 Å². The van der Waals surface area contributed by atoms with Crippen LogP contribution in [0, 0.1) is 25.7 Å². The van der Waals surface area contributed by atoms with E-state index in [2.05, 4.69) is 15.3 Å². The lowest BCUT2D eigenvalue weighted by molar-refractivity contribution is -0.152. The zero-order valence-corrected chi connectivity index (χ0v) is 17.9. The number of aromatic nitrogens is 3. The zero-order chi connectivity index (χ0) is 21.2. The van der Waals surface area contributed by atoms with Crippen molar-refractivity contribution in [1.82, 2.24) is 19.6 Å². The van der Waals surface area contributed by atoms with E-state index in [1.807, 2.05) is 13.8 Å². The molecule has 0 aliphatic carbocycles. The third-order valence-corrected chi connectivity index (χ3v) is 6.94. The molecule has 1 saturated heterocycles. The van der Waals surface area contributed by atoms with Gasteiger partial charge >= 0.3 is 5.97 Å². The summed E-state index contributed by atoms with van der Waals surface area (Å²) >= 11 is 0. The first kappa shape index (κ1) is 21.4. The largest absolute Gasteiger partial charge is 0.455 e. The minimum atomic E-state index is -3.70. The van der Waals surface area contributed by atoms with Gasteiger partial charge in [0.2, 0.25) is 10.0 Å². The van der Waals surface area contributed by atoms with Crippen LogP contribution in [0.25, 0.3) is 0 Å². The zero-order valence-electron chi connectivity index (χ0n) is 17.0. The first-order chi connectivity index (χ1) is 13.7.